The smallest absolute Gasteiger partial charge is 0.0800 e. The van der Waals surface area contributed by atoms with Crippen molar-refractivity contribution in [2.24, 2.45) is 0 Å². The molecule has 1 aliphatic rings. The van der Waals surface area contributed by atoms with E-state index in [1.807, 2.05) is 0 Å². The fraction of sp³-hybridized carbons (Fsp3) is 0.846. The summed E-state index contributed by atoms with van der Waals surface area (Å²) >= 11 is 1.54. The third kappa shape index (κ3) is 4.00. The summed E-state index contributed by atoms with van der Waals surface area (Å²) in [5.41, 5.74) is 1.18. The second-order valence-electron chi connectivity index (χ2n) is 5.18. The molecule has 5 heteroatoms. The average molecular weight is 268 g/mol. The van der Waals surface area contributed by atoms with Gasteiger partial charge in [-0.2, -0.15) is 0 Å². The Balaban J connectivity index is 1.74. The Labute approximate surface area is 114 Å². The van der Waals surface area contributed by atoms with Crippen molar-refractivity contribution in [1.29, 1.82) is 0 Å². The number of rotatable bonds is 7. The van der Waals surface area contributed by atoms with E-state index in [-0.39, 0.29) is 0 Å². The van der Waals surface area contributed by atoms with Gasteiger partial charge >= 0.3 is 0 Å². The molecule has 1 saturated heterocycles. The minimum Gasteiger partial charge on any atom is -0.308 e. The lowest BCUT2D eigenvalue weighted by Gasteiger charge is -2.21. The number of nitrogens with one attached hydrogen (secondary N) is 1. The number of likely N-dealkylation sites (tertiary alicyclic amines) is 1. The Morgan fingerprint density at radius 1 is 1.39 bits per heavy atom. The van der Waals surface area contributed by atoms with Crippen molar-refractivity contribution in [3.8, 4) is 0 Å². The molecule has 0 radical (unpaired) electrons. The van der Waals surface area contributed by atoms with Gasteiger partial charge in [0.05, 0.1) is 10.6 Å². The molecule has 1 aromatic rings. The summed E-state index contributed by atoms with van der Waals surface area (Å²) in [4.78, 5) is 3.86. The van der Waals surface area contributed by atoms with E-state index in [4.69, 9.17) is 0 Å². The highest BCUT2D eigenvalue weighted by molar-refractivity contribution is 7.05. The Morgan fingerprint density at radius 3 is 2.89 bits per heavy atom. The van der Waals surface area contributed by atoms with Crippen LogP contribution in [0.2, 0.25) is 0 Å². The molecule has 0 bridgehead atoms. The van der Waals surface area contributed by atoms with E-state index >= 15 is 0 Å². The number of aromatic nitrogens is 2. The van der Waals surface area contributed by atoms with Crippen LogP contribution in [0.1, 0.15) is 43.7 Å². The number of aryl methyl sites for hydroxylation is 1. The zero-order valence-electron chi connectivity index (χ0n) is 11.5. The predicted molar refractivity (Wildman–Crippen MR) is 75.9 cm³/mol. The molecule has 4 nitrogen and oxygen atoms in total. The number of hydrogen-bond donors (Lipinski definition) is 1. The van der Waals surface area contributed by atoms with Gasteiger partial charge in [-0.3, -0.25) is 0 Å². The molecule has 18 heavy (non-hydrogen) atoms. The first-order valence-corrected chi connectivity index (χ1v) is 7.82. The third-order valence-corrected chi connectivity index (χ3v) is 4.23. The van der Waals surface area contributed by atoms with Crippen LogP contribution in [-0.2, 0) is 13.0 Å². The van der Waals surface area contributed by atoms with Gasteiger partial charge in [-0.05, 0) is 50.8 Å². The van der Waals surface area contributed by atoms with E-state index in [1.54, 1.807) is 0 Å². The molecule has 2 heterocycles. The summed E-state index contributed by atoms with van der Waals surface area (Å²) in [5.74, 6) is 0. The van der Waals surface area contributed by atoms with E-state index < -0.39 is 0 Å². The second-order valence-corrected chi connectivity index (χ2v) is 6.02. The van der Waals surface area contributed by atoms with Crippen molar-refractivity contribution in [2.75, 3.05) is 19.6 Å². The highest BCUT2D eigenvalue weighted by atomic mass is 32.1. The summed E-state index contributed by atoms with van der Waals surface area (Å²) in [6.07, 6.45) is 4.92. The first-order valence-electron chi connectivity index (χ1n) is 7.05. The third-order valence-electron chi connectivity index (χ3n) is 3.46. The molecule has 1 atom stereocenters. The first kappa shape index (κ1) is 13.9. The lowest BCUT2D eigenvalue weighted by Crippen LogP contribution is -2.37. The Bertz CT molecular complexity index is 347. The van der Waals surface area contributed by atoms with E-state index in [2.05, 4.69) is 33.7 Å². The fourth-order valence-electron chi connectivity index (χ4n) is 2.47. The molecule has 0 aromatic carbocycles. The maximum atomic E-state index is 4.21. The second kappa shape index (κ2) is 7.16. The molecule has 0 aliphatic carbocycles. The Hall–Kier alpha value is -0.520. The molecule has 102 valence electrons. The zero-order valence-corrected chi connectivity index (χ0v) is 12.3. The summed E-state index contributed by atoms with van der Waals surface area (Å²) < 4.78 is 4.06. The van der Waals surface area contributed by atoms with Gasteiger partial charge < -0.3 is 10.2 Å². The van der Waals surface area contributed by atoms with Crippen molar-refractivity contribution in [3.05, 3.63) is 10.6 Å². The molecular formula is C13H24N4S. The van der Waals surface area contributed by atoms with Gasteiger partial charge in [0.1, 0.15) is 0 Å². The molecule has 1 unspecified atom stereocenters. The number of hydrogen-bond acceptors (Lipinski definition) is 5. The molecule has 1 aromatic heterocycles. The van der Waals surface area contributed by atoms with Crippen LogP contribution >= 0.6 is 11.5 Å². The zero-order chi connectivity index (χ0) is 12.8. The van der Waals surface area contributed by atoms with Gasteiger partial charge in [-0.15, -0.1) is 5.10 Å². The Morgan fingerprint density at radius 2 is 2.17 bits per heavy atom. The summed E-state index contributed by atoms with van der Waals surface area (Å²) in [5, 5.41) is 7.80. The van der Waals surface area contributed by atoms with Crippen LogP contribution in [0.3, 0.4) is 0 Å². The van der Waals surface area contributed by atoms with E-state index in [0.29, 0.717) is 6.04 Å². The largest absolute Gasteiger partial charge is 0.308 e. The van der Waals surface area contributed by atoms with Gasteiger partial charge in [-0.1, -0.05) is 17.8 Å². The van der Waals surface area contributed by atoms with Crippen LogP contribution < -0.4 is 5.32 Å². The van der Waals surface area contributed by atoms with Crippen LogP contribution in [0.5, 0.6) is 0 Å². The van der Waals surface area contributed by atoms with Gasteiger partial charge in [0.2, 0.25) is 0 Å². The molecule has 1 N–H and O–H groups in total. The van der Waals surface area contributed by atoms with Crippen molar-refractivity contribution in [3.63, 3.8) is 0 Å². The molecular weight excluding hydrogens is 244 g/mol. The minimum atomic E-state index is 0.541. The highest BCUT2D eigenvalue weighted by Gasteiger charge is 2.15. The quantitative estimate of drug-likeness (QED) is 0.822. The van der Waals surface area contributed by atoms with Crippen LogP contribution in [0.4, 0.5) is 0 Å². The first-order chi connectivity index (χ1) is 8.79. The standard InChI is InChI=1S/C13H24N4S/c1-3-6-12-13(18-16-15-12)9-14-11(2)10-17-7-4-5-8-17/h11,14H,3-10H2,1-2H3. The van der Waals surface area contributed by atoms with Crippen molar-refractivity contribution < 1.29 is 0 Å². The van der Waals surface area contributed by atoms with Gasteiger partial charge in [0, 0.05) is 19.1 Å². The number of nitrogens with zero attached hydrogens (tertiary/aromatic N) is 3. The van der Waals surface area contributed by atoms with Crippen LogP contribution in [0, 0.1) is 0 Å². The van der Waals surface area contributed by atoms with Crippen LogP contribution in [0.25, 0.3) is 0 Å². The molecule has 1 fully saturated rings. The monoisotopic (exact) mass is 268 g/mol. The highest BCUT2D eigenvalue weighted by Crippen LogP contribution is 2.13. The lowest BCUT2D eigenvalue weighted by molar-refractivity contribution is 0.298. The topological polar surface area (TPSA) is 41.1 Å². The maximum Gasteiger partial charge on any atom is 0.0800 e. The maximum absolute atomic E-state index is 4.21. The SMILES string of the molecule is CCCc1nnsc1CNC(C)CN1CCCC1. The van der Waals surface area contributed by atoms with E-state index in [1.165, 1.54) is 48.0 Å². The van der Waals surface area contributed by atoms with Gasteiger partial charge in [-0.25, -0.2) is 0 Å². The van der Waals surface area contributed by atoms with Gasteiger partial charge in [0.25, 0.3) is 0 Å². The van der Waals surface area contributed by atoms with Crippen LogP contribution in [0.15, 0.2) is 0 Å². The molecule has 0 saturated carbocycles. The van der Waals surface area contributed by atoms with Crippen molar-refractivity contribution in [1.82, 2.24) is 19.8 Å². The summed E-state index contributed by atoms with van der Waals surface area (Å²) in [7, 11) is 0. The van der Waals surface area contributed by atoms with E-state index in [9.17, 15) is 0 Å². The van der Waals surface area contributed by atoms with Gasteiger partial charge in [0.15, 0.2) is 0 Å². The van der Waals surface area contributed by atoms with Crippen LogP contribution in [-0.4, -0.2) is 40.2 Å². The fourth-order valence-corrected chi connectivity index (χ4v) is 3.11. The van der Waals surface area contributed by atoms with E-state index in [0.717, 1.165) is 25.9 Å². The average Bonchev–Trinajstić information content (AvgIpc) is 2.99. The summed E-state index contributed by atoms with van der Waals surface area (Å²) in [6.45, 7) is 9.08. The normalized spacial score (nSPS) is 18.3. The molecule has 1 aliphatic heterocycles. The molecule has 0 spiro atoms. The minimum absolute atomic E-state index is 0.541. The predicted octanol–water partition coefficient (Wildman–Crippen LogP) is 2.06. The molecule has 0 amide bonds. The van der Waals surface area contributed by atoms with Crippen molar-refractivity contribution in [2.45, 2.75) is 52.1 Å². The summed E-state index contributed by atoms with van der Waals surface area (Å²) in [6, 6.07) is 0.541. The molecule has 2 rings (SSSR count). The lowest BCUT2D eigenvalue weighted by atomic mass is 10.2. The Kier molecular flexibility index (Phi) is 5.53. The van der Waals surface area contributed by atoms with Crippen molar-refractivity contribution >= 4 is 11.5 Å².